The van der Waals surface area contributed by atoms with Crippen molar-refractivity contribution < 1.29 is 0 Å². The van der Waals surface area contributed by atoms with Crippen LogP contribution in [0.1, 0.15) is 18.9 Å². The molecule has 0 saturated heterocycles. The molecule has 1 saturated carbocycles. The van der Waals surface area contributed by atoms with E-state index in [1.807, 2.05) is 11.3 Å². The van der Waals surface area contributed by atoms with Crippen molar-refractivity contribution in [1.82, 2.24) is 5.43 Å². The van der Waals surface area contributed by atoms with E-state index in [9.17, 15) is 0 Å². The molecule has 3 atom stereocenters. The van der Waals surface area contributed by atoms with Crippen molar-refractivity contribution in [2.24, 2.45) is 17.7 Å². The van der Waals surface area contributed by atoms with E-state index < -0.39 is 0 Å². The second-order valence-electron chi connectivity index (χ2n) is 5.11. The maximum Gasteiger partial charge on any atom is 0.0345 e. The van der Waals surface area contributed by atoms with E-state index in [0.717, 1.165) is 18.3 Å². The topological polar surface area (TPSA) is 38.0 Å². The molecule has 17 heavy (non-hydrogen) atoms. The summed E-state index contributed by atoms with van der Waals surface area (Å²) in [7, 11) is 0. The van der Waals surface area contributed by atoms with Gasteiger partial charge in [0.15, 0.2) is 0 Å². The number of hydrogen-bond donors (Lipinski definition) is 2. The summed E-state index contributed by atoms with van der Waals surface area (Å²) in [4.78, 5) is 0. The first kappa shape index (κ1) is 11.2. The fourth-order valence-electron chi connectivity index (χ4n) is 2.67. The van der Waals surface area contributed by atoms with Crippen molar-refractivity contribution in [2.45, 2.75) is 25.8 Å². The predicted molar refractivity (Wildman–Crippen MR) is 73.9 cm³/mol. The van der Waals surface area contributed by atoms with Gasteiger partial charge in [-0.3, -0.25) is 11.3 Å². The van der Waals surface area contributed by atoms with Crippen LogP contribution < -0.4 is 11.3 Å². The molecular weight excluding hydrogens is 228 g/mol. The van der Waals surface area contributed by atoms with Crippen molar-refractivity contribution in [1.29, 1.82) is 0 Å². The number of benzene rings is 1. The van der Waals surface area contributed by atoms with Gasteiger partial charge in [-0.15, -0.1) is 11.3 Å². The Kier molecular flexibility index (Phi) is 2.90. The molecule has 3 N–H and O–H groups in total. The zero-order chi connectivity index (χ0) is 11.8. The highest BCUT2D eigenvalue weighted by Crippen LogP contribution is 2.42. The molecule has 1 aliphatic rings. The van der Waals surface area contributed by atoms with Crippen molar-refractivity contribution in [3.63, 3.8) is 0 Å². The third-order valence-electron chi connectivity index (χ3n) is 3.90. The largest absolute Gasteiger partial charge is 0.271 e. The fraction of sp³-hybridized carbons (Fsp3) is 0.429. The second-order valence-corrected chi connectivity index (χ2v) is 6.02. The molecule has 0 radical (unpaired) electrons. The number of nitrogens with one attached hydrogen (secondary N) is 1. The monoisotopic (exact) mass is 246 g/mol. The Bertz CT molecular complexity index is 520. The van der Waals surface area contributed by atoms with E-state index in [4.69, 9.17) is 5.84 Å². The molecule has 3 heteroatoms. The van der Waals surface area contributed by atoms with Gasteiger partial charge in [-0.2, -0.15) is 0 Å². The maximum absolute atomic E-state index is 5.69. The molecule has 0 bridgehead atoms. The number of hydrogen-bond acceptors (Lipinski definition) is 3. The van der Waals surface area contributed by atoms with E-state index in [1.54, 1.807) is 0 Å². The first-order valence-corrected chi connectivity index (χ1v) is 7.09. The highest BCUT2D eigenvalue weighted by molar-refractivity contribution is 7.17. The SMILES string of the molecule is CC1CC1C(Cc1csc2ccccc12)NN. The summed E-state index contributed by atoms with van der Waals surface area (Å²) in [6, 6.07) is 9.05. The van der Waals surface area contributed by atoms with Gasteiger partial charge < -0.3 is 0 Å². The minimum absolute atomic E-state index is 0.433. The lowest BCUT2D eigenvalue weighted by atomic mass is 10.0. The highest BCUT2D eigenvalue weighted by atomic mass is 32.1. The van der Waals surface area contributed by atoms with Crippen LogP contribution in [-0.4, -0.2) is 6.04 Å². The van der Waals surface area contributed by atoms with Crippen LogP contribution in [0.4, 0.5) is 0 Å². The van der Waals surface area contributed by atoms with Crippen LogP contribution in [-0.2, 0) is 6.42 Å². The summed E-state index contributed by atoms with van der Waals surface area (Å²) < 4.78 is 1.38. The van der Waals surface area contributed by atoms with Crippen molar-refractivity contribution >= 4 is 21.4 Å². The van der Waals surface area contributed by atoms with Crippen LogP contribution in [0.5, 0.6) is 0 Å². The van der Waals surface area contributed by atoms with Crippen LogP contribution in [0.3, 0.4) is 0 Å². The normalized spacial score (nSPS) is 25.1. The van der Waals surface area contributed by atoms with Gasteiger partial charge in [0.1, 0.15) is 0 Å². The van der Waals surface area contributed by atoms with Gasteiger partial charge in [-0.25, -0.2) is 0 Å². The fourth-order valence-corrected chi connectivity index (χ4v) is 3.65. The van der Waals surface area contributed by atoms with Crippen molar-refractivity contribution in [3.8, 4) is 0 Å². The Balaban J connectivity index is 1.84. The number of hydrazine groups is 1. The second kappa shape index (κ2) is 4.41. The molecule has 0 aliphatic heterocycles. The highest BCUT2D eigenvalue weighted by Gasteiger charge is 2.39. The lowest BCUT2D eigenvalue weighted by Gasteiger charge is -2.15. The van der Waals surface area contributed by atoms with Crippen LogP contribution >= 0.6 is 11.3 Å². The lowest BCUT2D eigenvalue weighted by Crippen LogP contribution is -2.38. The smallest absolute Gasteiger partial charge is 0.0345 e. The molecular formula is C14H18N2S. The summed E-state index contributed by atoms with van der Waals surface area (Å²) in [5, 5.41) is 3.67. The quantitative estimate of drug-likeness (QED) is 0.643. The molecule has 1 aliphatic carbocycles. The Morgan fingerprint density at radius 1 is 1.47 bits per heavy atom. The zero-order valence-corrected chi connectivity index (χ0v) is 10.8. The lowest BCUT2D eigenvalue weighted by molar-refractivity contribution is 0.455. The molecule has 2 nitrogen and oxygen atoms in total. The van der Waals surface area contributed by atoms with Crippen LogP contribution in [0.25, 0.3) is 10.1 Å². The maximum atomic E-state index is 5.69. The van der Waals surface area contributed by atoms with Gasteiger partial charge in [0.2, 0.25) is 0 Å². The van der Waals surface area contributed by atoms with Crippen LogP contribution in [0.2, 0.25) is 0 Å². The van der Waals surface area contributed by atoms with E-state index >= 15 is 0 Å². The van der Waals surface area contributed by atoms with Crippen LogP contribution in [0.15, 0.2) is 29.6 Å². The third kappa shape index (κ3) is 2.10. The molecule has 2 aromatic rings. The summed E-state index contributed by atoms with van der Waals surface area (Å²) in [5.74, 6) is 7.29. The Labute approximate surface area is 106 Å². The molecule has 1 aromatic heterocycles. The first-order valence-electron chi connectivity index (χ1n) is 6.21. The number of nitrogens with two attached hydrogens (primary N) is 1. The average molecular weight is 246 g/mol. The predicted octanol–water partition coefficient (Wildman–Crippen LogP) is 2.93. The Morgan fingerprint density at radius 3 is 2.94 bits per heavy atom. The minimum Gasteiger partial charge on any atom is -0.271 e. The Morgan fingerprint density at radius 2 is 2.24 bits per heavy atom. The molecule has 0 amide bonds. The summed E-state index contributed by atoms with van der Waals surface area (Å²) in [5.41, 5.74) is 4.44. The minimum atomic E-state index is 0.433. The van der Waals surface area contributed by atoms with E-state index in [1.165, 1.54) is 22.1 Å². The molecule has 90 valence electrons. The Hall–Kier alpha value is -0.900. The molecule has 1 heterocycles. The number of thiophene rings is 1. The van der Waals surface area contributed by atoms with Crippen molar-refractivity contribution in [3.05, 3.63) is 35.2 Å². The number of rotatable bonds is 4. The average Bonchev–Trinajstić information content (AvgIpc) is 2.94. The van der Waals surface area contributed by atoms with Gasteiger partial charge in [0.25, 0.3) is 0 Å². The molecule has 0 spiro atoms. The summed E-state index contributed by atoms with van der Waals surface area (Å²) in [6.07, 6.45) is 2.37. The van der Waals surface area contributed by atoms with Crippen molar-refractivity contribution in [2.75, 3.05) is 0 Å². The van der Waals surface area contributed by atoms with Gasteiger partial charge in [0, 0.05) is 10.7 Å². The molecule has 3 unspecified atom stereocenters. The zero-order valence-electron chi connectivity index (χ0n) is 10.0. The molecule has 1 fully saturated rings. The van der Waals surface area contributed by atoms with Gasteiger partial charge in [0.05, 0.1) is 0 Å². The summed E-state index contributed by atoms with van der Waals surface area (Å²) in [6.45, 7) is 2.31. The third-order valence-corrected chi connectivity index (χ3v) is 4.92. The number of fused-ring (bicyclic) bond motifs is 1. The van der Waals surface area contributed by atoms with Gasteiger partial charge in [-0.05, 0) is 47.1 Å². The molecule has 3 rings (SSSR count). The van der Waals surface area contributed by atoms with Crippen LogP contribution in [0, 0.1) is 11.8 Å². The summed E-state index contributed by atoms with van der Waals surface area (Å²) >= 11 is 1.83. The van der Waals surface area contributed by atoms with E-state index in [2.05, 4.69) is 42.0 Å². The van der Waals surface area contributed by atoms with E-state index in [-0.39, 0.29) is 0 Å². The first-order chi connectivity index (χ1) is 8.29. The van der Waals surface area contributed by atoms with Gasteiger partial charge >= 0.3 is 0 Å². The van der Waals surface area contributed by atoms with E-state index in [0.29, 0.717) is 6.04 Å². The molecule has 1 aromatic carbocycles. The standard InChI is InChI=1S/C14H18N2S/c1-9-6-12(9)13(16-15)7-10-8-17-14-5-3-2-4-11(10)14/h2-5,8-9,12-13,16H,6-7,15H2,1H3. The van der Waals surface area contributed by atoms with Gasteiger partial charge in [-0.1, -0.05) is 25.1 Å².